The summed E-state index contributed by atoms with van der Waals surface area (Å²) in [6, 6.07) is 30.0. The van der Waals surface area contributed by atoms with Crippen LogP contribution in [0.4, 0.5) is 17.5 Å². The molecule has 3 heterocycles. The lowest BCUT2D eigenvalue weighted by molar-refractivity contribution is 0.312. The van der Waals surface area contributed by atoms with Gasteiger partial charge in [0.15, 0.2) is 11.6 Å². The summed E-state index contributed by atoms with van der Waals surface area (Å²) >= 11 is 0. The molecule has 1 aliphatic heterocycles. The molecule has 0 aliphatic carbocycles. The monoisotopic (exact) mass is 486 g/mol. The van der Waals surface area contributed by atoms with E-state index in [4.69, 9.17) is 14.4 Å². The molecule has 37 heavy (non-hydrogen) atoms. The number of nitriles is 1. The minimum Gasteiger partial charge on any atom is -0.438 e. The molecule has 0 spiro atoms. The van der Waals surface area contributed by atoms with Gasteiger partial charge in [0.1, 0.15) is 17.4 Å². The molecule has 182 valence electrons. The molecule has 1 aliphatic rings. The summed E-state index contributed by atoms with van der Waals surface area (Å²) < 4.78 is 6.42. The number of fused-ring (bicyclic) bond motifs is 1. The number of hydrogen-bond donors (Lipinski definition) is 1. The van der Waals surface area contributed by atoms with Gasteiger partial charge in [-0.05, 0) is 24.7 Å². The Kier molecular flexibility index (Phi) is 6.01. The highest BCUT2D eigenvalue weighted by molar-refractivity contribution is 5.90. The van der Waals surface area contributed by atoms with E-state index in [0.29, 0.717) is 23.0 Å². The maximum absolute atomic E-state index is 10.3. The third kappa shape index (κ3) is 4.39. The number of rotatable bonds is 5. The molecular formula is C30H26N6O. The summed E-state index contributed by atoms with van der Waals surface area (Å²) in [4.78, 5) is 14.5. The Morgan fingerprint density at radius 3 is 2.03 bits per heavy atom. The van der Waals surface area contributed by atoms with Crippen molar-refractivity contribution >= 4 is 28.6 Å². The fourth-order valence-electron chi connectivity index (χ4n) is 4.72. The third-order valence-corrected chi connectivity index (χ3v) is 6.71. The van der Waals surface area contributed by atoms with Gasteiger partial charge in [0.25, 0.3) is 0 Å². The highest BCUT2D eigenvalue weighted by atomic mass is 16.4. The predicted molar refractivity (Wildman–Crippen MR) is 147 cm³/mol. The van der Waals surface area contributed by atoms with Gasteiger partial charge < -0.3 is 19.5 Å². The molecule has 1 N–H and O–H groups in total. The molecule has 7 nitrogen and oxygen atoms in total. The molecule has 0 unspecified atom stereocenters. The normalized spacial score (nSPS) is 14.0. The number of hydrogen-bond acceptors (Lipinski definition) is 7. The highest BCUT2D eigenvalue weighted by Gasteiger charge is 2.26. The summed E-state index contributed by atoms with van der Waals surface area (Å²) in [7, 11) is 2.13. The Hall–Kier alpha value is -4.67. The molecule has 3 aromatic carbocycles. The van der Waals surface area contributed by atoms with E-state index in [0.717, 1.165) is 59.7 Å². The lowest BCUT2D eigenvalue weighted by atomic mass is 9.98. The Balaban J connectivity index is 1.51. The van der Waals surface area contributed by atoms with Gasteiger partial charge in [-0.25, -0.2) is 9.97 Å². The summed E-state index contributed by atoms with van der Waals surface area (Å²) in [6.07, 6.45) is 0. The maximum atomic E-state index is 10.3. The van der Waals surface area contributed by atoms with Crippen LogP contribution in [0.25, 0.3) is 33.5 Å². The van der Waals surface area contributed by atoms with Gasteiger partial charge in [-0.1, -0.05) is 72.8 Å². The fourth-order valence-corrected chi connectivity index (χ4v) is 4.72. The van der Waals surface area contributed by atoms with Gasteiger partial charge >= 0.3 is 0 Å². The average molecular weight is 487 g/mol. The molecule has 5 aromatic rings. The Labute approximate surface area is 215 Å². The second kappa shape index (κ2) is 9.76. The Morgan fingerprint density at radius 2 is 1.38 bits per heavy atom. The molecule has 6 rings (SSSR count). The van der Waals surface area contributed by atoms with E-state index in [1.54, 1.807) is 0 Å². The van der Waals surface area contributed by atoms with Gasteiger partial charge in [-0.2, -0.15) is 5.26 Å². The van der Waals surface area contributed by atoms with Crippen molar-refractivity contribution in [1.82, 2.24) is 14.9 Å². The molecular weight excluding hydrogens is 460 g/mol. The van der Waals surface area contributed by atoms with Crippen LogP contribution in [-0.4, -0.2) is 48.1 Å². The molecule has 0 saturated carbocycles. The van der Waals surface area contributed by atoms with Crippen molar-refractivity contribution in [1.29, 1.82) is 5.26 Å². The zero-order valence-corrected chi connectivity index (χ0v) is 20.6. The van der Waals surface area contributed by atoms with Crippen LogP contribution in [0.15, 0.2) is 89.3 Å². The van der Waals surface area contributed by atoms with Crippen molar-refractivity contribution in [2.45, 2.75) is 0 Å². The number of aromatic nitrogens is 2. The first-order chi connectivity index (χ1) is 18.2. The second-order valence-electron chi connectivity index (χ2n) is 9.15. The first kappa shape index (κ1) is 22.8. The topological polar surface area (TPSA) is 81.2 Å². The standard InChI is InChI=1S/C30H26N6O/c1-35-16-18-36(19-17-35)29-28(32-24-14-8-9-15-25(24)33-29)34-30-23(20-31)26(21-10-4-2-5-11-21)27(37-30)22-12-6-3-7-13-22/h2-15H,16-19H2,1H3,(H,32,34). The highest BCUT2D eigenvalue weighted by Crippen LogP contribution is 2.43. The number of furan rings is 1. The number of para-hydroxylation sites is 2. The zero-order valence-electron chi connectivity index (χ0n) is 20.6. The van der Waals surface area contributed by atoms with Gasteiger partial charge in [-0.15, -0.1) is 0 Å². The molecule has 1 saturated heterocycles. The van der Waals surface area contributed by atoms with E-state index < -0.39 is 0 Å². The van der Waals surface area contributed by atoms with Gasteiger partial charge in [0, 0.05) is 37.3 Å². The largest absolute Gasteiger partial charge is 0.438 e. The van der Waals surface area contributed by atoms with Crippen LogP contribution < -0.4 is 10.2 Å². The van der Waals surface area contributed by atoms with Crippen molar-refractivity contribution in [2.75, 3.05) is 43.4 Å². The predicted octanol–water partition coefficient (Wildman–Crippen LogP) is 5.92. The summed E-state index contributed by atoms with van der Waals surface area (Å²) in [5.74, 6) is 2.34. The van der Waals surface area contributed by atoms with E-state index in [1.165, 1.54) is 0 Å². The number of benzene rings is 3. The van der Waals surface area contributed by atoms with Gasteiger partial charge in [0.05, 0.1) is 11.0 Å². The molecule has 0 atom stereocenters. The number of likely N-dealkylation sites (N-methyl/N-ethyl adjacent to an activating group) is 1. The van der Waals surface area contributed by atoms with Crippen LogP contribution in [0.2, 0.25) is 0 Å². The maximum Gasteiger partial charge on any atom is 0.217 e. The average Bonchev–Trinajstić information content (AvgIpc) is 3.32. The van der Waals surface area contributed by atoms with Gasteiger partial charge in [0.2, 0.25) is 5.88 Å². The minimum absolute atomic E-state index is 0.361. The number of nitrogens with zero attached hydrogens (tertiary/aromatic N) is 5. The van der Waals surface area contributed by atoms with E-state index in [1.807, 2.05) is 84.9 Å². The summed E-state index contributed by atoms with van der Waals surface area (Å²) in [5, 5.41) is 13.7. The third-order valence-electron chi connectivity index (χ3n) is 6.71. The fraction of sp³-hybridized carbons (Fsp3) is 0.167. The van der Waals surface area contributed by atoms with Crippen molar-refractivity contribution in [3.8, 4) is 28.5 Å². The number of nitrogens with one attached hydrogen (secondary N) is 1. The van der Waals surface area contributed by atoms with E-state index in [-0.39, 0.29) is 0 Å². The number of anilines is 3. The van der Waals surface area contributed by atoms with Crippen molar-refractivity contribution in [3.05, 3.63) is 90.5 Å². The van der Waals surface area contributed by atoms with Crippen LogP contribution in [0, 0.1) is 11.3 Å². The molecule has 0 bridgehead atoms. The van der Waals surface area contributed by atoms with E-state index in [2.05, 4.69) is 28.2 Å². The zero-order chi connectivity index (χ0) is 25.2. The quantitative estimate of drug-likeness (QED) is 0.330. The molecule has 0 amide bonds. The smallest absolute Gasteiger partial charge is 0.217 e. The first-order valence-electron chi connectivity index (χ1n) is 12.4. The summed E-state index contributed by atoms with van der Waals surface area (Å²) in [6.45, 7) is 3.56. The summed E-state index contributed by atoms with van der Waals surface area (Å²) in [5.41, 5.74) is 4.61. The van der Waals surface area contributed by atoms with Crippen LogP contribution in [0.1, 0.15) is 5.56 Å². The van der Waals surface area contributed by atoms with Crippen LogP contribution in [-0.2, 0) is 0 Å². The lowest BCUT2D eigenvalue weighted by Gasteiger charge is -2.33. The molecule has 2 aromatic heterocycles. The van der Waals surface area contributed by atoms with Crippen molar-refractivity contribution < 1.29 is 4.42 Å². The lowest BCUT2D eigenvalue weighted by Crippen LogP contribution is -2.45. The van der Waals surface area contributed by atoms with Crippen LogP contribution >= 0.6 is 0 Å². The Bertz CT molecular complexity index is 1580. The van der Waals surface area contributed by atoms with Gasteiger partial charge in [-0.3, -0.25) is 0 Å². The number of piperazine rings is 1. The second-order valence-corrected chi connectivity index (χ2v) is 9.15. The minimum atomic E-state index is 0.361. The van der Waals surface area contributed by atoms with Crippen molar-refractivity contribution in [2.24, 2.45) is 0 Å². The van der Waals surface area contributed by atoms with Crippen LogP contribution in [0.3, 0.4) is 0 Å². The van der Waals surface area contributed by atoms with Crippen LogP contribution in [0.5, 0.6) is 0 Å². The van der Waals surface area contributed by atoms with E-state index >= 15 is 0 Å². The Morgan fingerprint density at radius 1 is 0.784 bits per heavy atom. The molecule has 7 heteroatoms. The molecule has 0 radical (unpaired) electrons. The SMILES string of the molecule is CN1CCN(c2nc3ccccc3nc2Nc2oc(-c3ccccc3)c(-c3ccccc3)c2C#N)CC1. The van der Waals surface area contributed by atoms with E-state index in [9.17, 15) is 5.26 Å². The molecule has 1 fully saturated rings. The first-order valence-corrected chi connectivity index (χ1v) is 12.4. The van der Waals surface area contributed by atoms with Crippen molar-refractivity contribution in [3.63, 3.8) is 0 Å².